The van der Waals surface area contributed by atoms with Crippen molar-refractivity contribution in [1.29, 1.82) is 0 Å². The lowest BCUT2D eigenvalue weighted by Gasteiger charge is -2.24. The molecule has 0 heterocycles. The van der Waals surface area contributed by atoms with Crippen molar-refractivity contribution in [3.05, 3.63) is 0 Å². The van der Waals surface area contributed by atoms with Crippen LogP contribution in [-0.2, 0) is 0 Å². The van der Waals surface area contributed by atoms with Gasteiger partial charge in [0.2, 0.25) is 0 Å². The highest BCUT2D eigenvalue weighted by Crippen LogP contribution is 2.30. The van der Waals surface area contributed by atoms with E-state index in [9.17, 15) is 0 Å². The van der Waals surface area contributed by atoms with Crippen LogP contribution < -0.4 is 0 Å². The van der Waals surface area contributed by atoms with Crippen molar-refractivity contribution >= 4 is 23.4 Å². The van der Waals surface area contributed by atoms with Gasteiger partial charge in [-0.05, 0) is 36.7 Å². The molecule has 0 nitrogen and oxygen atoms in total. The van der Waals surface area contributed by atoms with Crippen LogP contribution in [0.3, 0.4) is 0 Å². The van der Waals surface area contributed by atoms with Crippen LogP contribution in [0.25, 0.3) is 0 Å². The van der Waals surface area contributed by atoms with Gasteiger partial charge in [0.15, 0.2) is 0 Å². The van der Waals surface area contributed by atoms with Crippen LogP contribution in [-0.4, -0.2) is 16.9 Å². The summed E-state index contributed by atoms with van der Waals surface area (Å²) in [4.78, 5) is 0. The first-order valence-electron chi connectivity index (χ1n) is 5.04. The van der Waals surface area contributed by atoms with Crippen molar-refractivity contribution in [3.8, 4) is 0 Å². The van der Waals surface area contributed by atoms with Crippen LogP contribution in [0.15, 0.2) is 0 Å². The third-order valence-electron chi connectivity index (χ3n) is 2.59. The van der Waals surface area contributed by atoms with E-state index < -0.39 is 0 Å². The lowest BCUT2D eigenvalue weighted by atomic mass is 9.87. The number of thioether (sulfide) groups is 1. The zero-order valence-corrected chi connectivity index (χ0v) is 9.46. The van der Waals surface area contributed by atoms with Crippen molar-refractivity contribution in [2.75, 3.05) is 11.5 Å². The van der Waals surface area contributed by atoms with Crippen LogP contribution in [0.5, 0.6) is 0 Å². The van der Waals surface area contributed by atoms with Gasteiger partial charge in [0, 0.05) is 5.38 Å². The lowest BCUT2D eigenvalue weighted by molar-refractivity contribution is 0.356. The Kier molecular flexibility index (Phi) is 5.49. The smallest absolute Gasteiger partial charge is 0.0338 e. The summed E-state index contributed by atoms with van der Waals surface area (Å²) in [6.07, 6.45) is 6.69. The fourth-order valence-electron chi connectivity index (χ4n) is 1.88. The predicted octanol–water partition coefficient (Wildman–Crippen LogP) is 3.93. The Morgan fingerprint density at radius 2 is 2.25 bits per heavy atom. The molecule has 0 saturated heterocycles. The normalized spacial score (nSPS) is 30.5. The molecule has 0 N–H and O–H groups in total. The van der Waals surface area contributed by atoms with E-state index in [0.29, 0.717) is 5.38 Å². The Morgan fingerprint density at radius 3 is 2.92 bits per heavy atom. The Bertz CT molecular complexity index is 116. The molecular weight excluding hydrogens is 188 g/mol. The third-order valence-corrected chi connectivity index (χ3v) is 3.92. The highest BCUT2D eigenvalue weighted by molar-refractivity contribution is 7.99. The van der Waals surface area contributed by atoms with Crippen LogP contribution in [0, 0.1) is 5.92 Å². The van der Waals surface area contributed by atoms with Crippen molar-refractivity contribution in [2.24, 2.45) is 5.92 Å². The summed E-state index contributed by atoms with van der Waals surface area (Å²) in [7, 11) is 0. The minimum absolute atomic E-state index is 0.482. The molecule has 2 atom stereocenters. The highest BCUT2D eigenvalue weighted by atomic mass is 35.5. The molecule has 1 aliphatic carbocycles. The van der Waals surface area contributed by atoms with E-state index in [4.69, 9.17) is 11.6 Å². The maximum absolute atomic E-state index is 6.12. The average Bonchev–Trinajstić information content (AvgIpc) is 2.05. The van der Waals surface area contributed by atoms with Gasteiger partial charge in [-0.2, -0.15) is 11.8 Å². The summed E-state index contributed by atoms with van der Waals surface area (Å²) in [6.45, 7) is 2.23. The minimum atomic E-state index is 0.482. The summed E-state index contributed by atoms with van der Waals surface area (Å²) in [5.74, 6) is 3.53. The number of halogens is 1. The summed E-state index contributed by atoms with van der Waals surface area (Å²) in [5.41, 5.74) is 0. The molecule has 1 rings (SSSR count). The Balaban J connectivity index is 2.06. The van der Waals surface area contributed by atoms with Gasteiger partial charge in [0.05, 0.1) is 0 Å². The molecule has 0 aromatic carbocycles. The van der Waals surface area contributed by atoms with Crippen LogP contribution >= 0.6 is 23.4 Å². The zero-order chi connectivity index (χ0) is 8.81. The molecule has 0 bridgehead atoms. The van der Waals surface area contributed by atoms with Crippen molar-refractivity contribution in [1.82, 2.24) is 0 Å². The quantitative estimate of drug-likeness (QED) is 0.496. The third kappa shape index (κ3) is 4.04. The summed E-state index contributed by atoms with van der Waals surface area (Å²) in [5, 5.41) is 0.482. The van der Waals surface area contributed by atoms with Gasteiger partial charge < -0.3 is 0 Å². The SMILES string of the molecule is CCSCCC1CCCC(Cl)C1. The molecule has 72 valence electrons. The fraction of sp³-hybridized carbons (Fsp3) is 1.00. The predicted molar refractivity (Wildman–Crippen MR) is 59.2 cm³/mol. The van der Waals surface area contributed by atoms with Gasteiger partial charge >= 0.3 is 0 Å². The number of rotatable bonds is 4. The average molecular weight is 207 g/mol. The molecule has 1 saturated carbocycles. The molecule has 12 heavy (non-hydrogen) atoms. The molecule has 0 aliphatic heterocycles. The Hall–Kier alpha value is 0.640. The summed E-state index contributed by atoms with van der Waals surface area (Å²) >= 11 is 8.18. The second-order valence-electron chi connectivity index (χ2n) is 3.62. The number of alkyl halides is 1. The monoisotopic (exact) mass is 206 g/mol. The van der Waals surface area contributed by atoms with Crippen LogP contribution in [0.2, 0.25) is 0 Å². The molecule has 2 unspecified atom stereocenters. The Labute approximate surface area is 85.4 Å². The molecule has 0 spiro atoms. The van der Waals surface area contributed by atoms with E-state index in [1.807, 2.05) is 0 Å². The first kappa shape index (κ1) is 10.7. The van der Waals surface area contributed by atoms with E-state index >= 15 is 0 Å². The van der Waals surface area contributed by atoms with Crippen LogP contribution in [0.1, 0.15) is 39.0 Å². The maximum Gasteiger partial charge on any atom is 0.0338 e. The van der Waals surface area contributed by atoms with Gasteiger partial charge in [-0.3, -0.25) is 0 Å². The van der Waals surface area contributed by atoms with E-state index in [2.05, 4.69) is 18.7 Å². The fourth-order valence-corrected chi connectivity index (χ4v) is 3.08. The largest absolute Gasteiger partial charge is 0.162 e. The molecule has 2 heteroatoms. The maximum atomic E-state index is 6.12. The molecule has 1 aliphatic rings. The van der Waals surface area contributed by atoms with Gasteiger partial charge in [-0.1, -0.05) is 19.8 Å². The van der Waals surface area contributed by atoms with E-state index in [0.717, 1.165) is 5.92 Å². The van der Waals surface area contributed by atoms with Crippen molar-refractivity contribution in [3.63, 3.8) is 0 Å². The molecule has 0 amide bonds. The summed E-state index contributed by atoms with van der Waals surface area (Å²) < 4.78 is 0. The molecule has 1 fully saturated rings. The van der Waals surface area contributed by atoms with Crippen LogP contribution in [0.4, 0.5) is 0 Å². The molecule has 0 radical (unpaired) electrons. The van der Waals surface area contributed by atoms with Gasteiger partial charge in [0.1, 0.15) is 0 Å². The minimum Gasteiger partial charge on any atom is -0.162 e. The molecule has 0 aromatic heterocycles. The van der Waals surface area contributed by atoms with E-state index in [1.54, 1.807) is 0 Å². The van der Waals surface area contributed by atoms with Crippen molar-refractivity contribution < 1.29 is 0 Å². The van der Waals surface area contributed by atoms with Gasteiger partial charge in [0.25, 0.3) is 0 Å². The number of hydrogen-bond donors (Lipinski definition) is 0. The standard InChI is InChI=1S/C10H19ClS/c1-2-12-7-6-9-4-3-5-10(11)8-9/h9-10H,2-8H2,1H3. The second-order valence-corrected chi connectivity index (χ2v) is 5.63. The highest BCUT2D eigenvalue weighted by Gasteiger charge is 2.19. The van der Waals surface area contributed by atoms with Gasteiger partial charge in [-0.15, -0.1) is 11.6 Å². The van der Waals surface area contributed by atoms with E-state index in [-0.39, 0.29) is 0 Å². The topological polar surface area (TPSA) is 0 Å². The van der Waals surface area contributed by atoms with E-state index in [1.165, 1.54) is 43.6 Å². The molecular formula is C10H19ClS. The van der Waals surface area contributed by atoms with Gasteiger partial charge in [-0.25, -0.2) is 0 Å². The summed E-state index contributed by atoms with van der Waals surface area (Å²) in [6, 6.07) is 0. The first-order valence-corrected chi connectivity index (χ1v) is 6.64. The Morgan fingerprint density at radius 1 is 1.42 bits per heavy atom. The first-order chi connectivity index (χ1) is 5.83. The van der Waals surface area contributed by atoms with Crippen molar-refractivity contribution in [2.45, 2.75) is 44.4 Å². The number of hydrogen-bond acceptors (Lipinski definition) is 1. The second kappa shape index (κ2) is 6.15. The molecule has 0 aromatic rings. The zero-order valence-electron chi connectivity index (χ0n) is 7.89. The lowest BCUT2D eigenvalue weighted by Crippen LogP contribution is -2.15.